The van der Waals surface area contributed by atoms with Crippen molar-refractivity contribution < 1.29 is 9.53 Å². The van der Waals surface area contributed by atoms with E-state index in [1.807, 2.05) is 31.2 Å². The van der Waals surface area contributed by atoms with Crippen LogP contribution in [-0.4, -0.2) is 35.6 Å². The third-order valence-electron chi connectivity index (χ3n) is 3.90. The second kappa shape index (κ2) is 6.48. The molecule has 0 bridgehead atoms. The Morgan fingerprint density at radius 2 is 2.23 bits per heavy atom. The van der Waals surface area contributed by atoms with Gasteiger partial charge in [-0.15, -0.1) is 0 Å². The zero-order valence-corrected chi connectivity index (χ0v) is 13.2. The van der Waals surface area contributed by atoms with Gasteiger partial charge in [0.15, 0.2) is 0 Å². The zero-order chi connectivity index (χ0) is 15.5. The van der Waals surface area contributed by atoms with Crippen molar-refractivity contribution in [3.8, 4) is 0 Å². The molecule has 1 atom stereocenters. The molecule has 2 heterocycles. The van der Waals surface area contributed by atoms with Crippen molar-refractivity contribution >= 4 is 34.3 Å². The minimum atomic E-state index is -0.128. The van der Waals surface area contributed by atoms with Crippen molar-refractivity contribution in [2.24, 2.45) is 5.92 Å². The number of piperidine rings is 1. The Morgan fingerprint density at radius 1 is 1.41 bits per heavy atom. The van der Waals surface area contributed by atoms with E-state index in [2.05, 4.69) is 14.9 Å². The van der Waals surface area contributed by atoms with Crippen LogP contribution in [0, 0.1) is 5.92 Å². The van der Waals surface area contributed by atoms with Crippen molar-refractivity contribution in [2.45, 2.75) is 19.8 Å². The van der Waals surface area contributed by atoms with Gasteiger partial charge in [0.1, 0.15) is 5.82 Å². The highest BCUT2D eigenvalue weighted by Gasteiger charge is 2.28. The molecule has 116 valence electrons. The molecule has 1 unspecified atom stereocenters. The number of nitrogens with zero attached hydrogens (tertiary/aromatic N) is 3. The quantitative estimate of drug-likeness (QED) is 0.643. The van der Waals surface area contributed by atoms with Crippen LogP contribution in [0.5, 0.6) is 0 Å². The second-order valence-corrected chi connectivity index (χ2v) is 5.71. The summed E-state index contributed by atoms with van der Waals surface area (Å²) in [5.41, 5.74) is 0.816. The number of rotatable bonds is 3. The van der Waals surface area contributed by atoms with Crippen LogP contribution in [0.1, 0.15) is 19.8 Å². The second-order valence-electron chi connectivity index (χ2n) is 5.37. The van der Waals surface area contributed by atoms with E-state index >= 15 is 0 Å². The summed E-state index contributed by atoms with van der Waals surface area (Å²) >= 11 is 6.05. The van der Waals surface area contributed by atoms with E-state index in [9.17, 15) is 4.79 Å². The van der Waals surface area contributed by atoms with Crippen LogP contribution in [0.2, 0.25) is 5.28 Å². The molecule has 5 nitrogen and oxygen atoms in total. The van der Waals surface area contributed by atoms with Crippen molar-refractivity contribution in [3.05, 3.63) is 29.5 Å². The van der Waals surface area contributed by atoms with Crippen molar-refractivity contribution in [2.75, 3.05) is 24.6 Å². The Hall–Kier alpha value is -1.88. The van der Waals surface area contributed by atoms with Crippen molar-refractivity contribution in [1.82, 2.24) is 9.97 Å². The van der Waals surface area contributed by atoms with Crippen LogP contribution in [0.25, 0.3) is 10.9 Å². The maximum atomic E-state index is 12.0. The molecule has 1 fully saturated rings. The van der Waals surface area contributed by atoms with E-state index in [0.717, 1.165) is 36.1 Å². The van der Waals surface area contributed by atoms with Crippen molar-refractivity contribution in [3.63, 3.8) is 0 Å². The predicted molar refractivity (Wildman–Crippen MR) is 86.1 cm³/mol. The predicted octanol–water partition coefficient (Wildman–Crippen LogP) is 3.06. The fourth-order valence-electron chi connectivity index (χ4n) is 2.90. The molecule has 2 aromatic rings. The average Bonchev–Trinajstić information content (AvgIpc) is 2.54. The van der Waals surface area contributed by atoms with Gasteiger partial charge in [-0.25, -0.2) is 4.98 Å². The summed E-state index contributed by atoms with van der Waals surface area (Å²) < 4.78 is 5.15. The Balaban J connectivity index is 1.92. The van der Waals surface area contributed by atoms with E-state index < -0.39 is 0 Å². The maximum Gasteiger partial charge on any atom is 0.310 e. The summed E-state index contributed by atoms with van der Waals surface area (Å²) in [6.07, 6.45) is 1.78. The lowest BCUT2D eigenvalue weighted by atomic mass is 9.98. The van der Waals surface area contributed by atoms with E-state index in [4.69, 9.17) is 16.3 Å². The SMILES string of the molecule is CCOC(=O)C1CCCN(c2nc(Cl)nc3ccccc23)C1. The molecule has 0 amide bonds. The normalized spacial score (nSPS) is 18.5. The average molecular weight is 320 g/mol. The lowest BCUT2D eigenvalue weighted by molar-refractivity contribution is -0.148. The summed E-state index contributed by atoms with van der Waals surface area (Å²) in [6.45, 7) is 3.71. The minimum absolute atomic E-state index is 0.110. The monoisotopic (exact) mass is 319 g/mol. The molecule has 1 aromatic carbocycles. The highest BCUT2D eigenvalue weighted by Crippen LogP contribution is 2.29. The third kappa shape index (κ3) is 2.99. The van der Waals surface area contributed by atoms with Crippen molar-refractivity contribution in [1.29, 1.82) is 0 Å². The van der Waals surface area contributed by atoms with E-state index in [1.165, 1.54) is 0 Å². The number of hydrogen-bond acceptors (Lipinski definition) is 5. The fraction of sp³-hybridized carbons (Fsp3) is 0.438. The van der Waals surface area contributed by atoms with E-state index in [1.54, 1.807) is 0 Å². The molecular weight excluding hydrogens is 302 g/mol. The molecule has 1 saturated heterocycles. The third-order valence-corrected chi connectivity index (χ3v) is 4.07. The minimum Gasteiger partial charge on any atom is -0.466 e. The van der Waals surface area contributed by atoms with Gasteiger partial charge in [-0.3, -0.25) is 4.79 Å². The number of esters is 1. The van der Waals surface area contributed by atoms with Gasteiger partial charge in [-0.2, -0.15) is 4.98 Å². The zero-order valence-electron chi connectivity index (χ0n) is 12.5. The van der Waals surface area contributed by atoms with E-state index in [-0.39, 0.29) is 17.2 Å². The van der Waals surface area contributed by atoms with Crippen LogP contribution in [-0.2, 0) is 9.53 Å². The lowest BCUT2D eigenvalue weighted by Crippen LogP contribution is -2.40. The number of para-hydroxylation sites is 1. The number of hydrogen-bond donors (Lipinski definition) is 0. The van der Waals surface area contributed by atoms with Crippen LogP contribution in [0.15, 0.2) is 24.3 Å². The molecule has 1 aliphatic heterocycles. The Kier molecular flexibility index (Phi) is 4.43. The number of carbonyl (C=O) groups is 1. The van der Waals surface area contributed by atoms with E-state index in [0.29, 0.717) is 13.2 Å². The molecule has 1 aliphatic rings. The lowest BCUT2D eigenvalue weighted by Gasteiger charge is -2.33. The van der Waals surface area contributed by atoms with Gasteiger partial charge >= 0.3 is 5.97 Å². The number of aromatic nitrogens is 2. The number of benzene rings is 1. The van der Waals surface area contributed by atoms with Gasteiger partial charge in [-0.1, -0.05) is 12.1 Å². The van der Waals surface area contributed by atoms with Crippen LogP contribution >= 0.6 is 11.6 Å². The number of halogens is 1. The summed E-state index contributed by atoms with van der Waals surface area (Å²) in [6, 6.07) is 7.77. The van der Waals surface area contributed by atoms with Gasteiger partial charge in [0.25, 0.3) is 0 Å². The molecule has 22 heavy (non-hydrogen) atoms. The summed E-state index contributed by atoms with van der Waals surface area (Å²) in [5, 5.41) is 1.18. The van der Waals surface area contributed by atoms with Gasteiger partial charge in [0.2, 0.25) is 5.28 Å². The molecule has 6 heteroatoms. The fourth-order valence-corrected chi connectivity index (χ4v) is 3.07. The molecular formula is C16H18ClN3O2. The number of carbonyl (C=O) groups excluding carboxylic acids is 1. The largest absolute Gasteiger partial charge is 0.466 e. The number of anilines is 1. The molecule has 0 spiro atoms. The molecule has 0 N–H and O–H groups in total. The first-order valence-electron chi connectivity index (χ1n) is 7.53. The first-order chi connectivity index (χ1) is 10.7. The summed E-state index contributed by atoms with van der Waals surface area (Å²) in [7, 11) is 0. The first-order valence-corrected chi connectivity index (χ1v) is 7.90. The molecule has 1 aromatic heterocycles. The number of fused-ring (bicyclic) bond motifs is 1. The molecule has 0 saturated carbocycles. The van der Waals surface area contributed by atoms with Gasteiger partial charge in [0.05, 0.1) is 18.0 Å². The Labute approximate surface area is 134 Å². The van der Waals surface area contributed by atoms with Gasteiger partial charge in [-0.05, 0) is 43.5 Å². The highest BCUT2D eigenvalue weighted by molar-refractivity contribution is 6.28. The molecule has 3 rings (SSSR count). The first kappa shape index (κ1) is 15.0. The summed E-state index contributed by atoms with van der Waals surface area (Å²) in [4.78, 5) is 22.8. The van der Waals surface area contributed by atoms with Gasteiger partial charge in [0, 0.05) is 18.5 Å². The van der Waals surface area contributed by atoms with Crippen LogP contribution in [0.4, 0.5) is 5.82 Å². The van der Waals surface area contributed by atoms with Crippen LogP contribution < -0.4 is 4.90 Å². The number of ether oxygens (including phenoxy) is 1. The Morgan fingerprint density at radius 3 is 3.05 bits per heavy atom. The Bertz CT molecular complexity index is 692. The smallest absolute Gasteiger partial charge is 0.310 e. The molecule has 0 aliphatic carbocycles. The topological polar surface area (TPSA) is 55.3 Å². The maximum absolute atomic E-state index is 12.0. The van der Waals surface area contributed by atoms with Crippen LogP contribution in [0.3, 0.4) is 0 Å². The summed E-state index contributed by atoms with van der Waals surface area (Å²) in [5.74, 6) is 0.558. The molecule has 0 radical (unpaired) electrons. The standard InChI is InChI=1S/C16H18ClN3O2/c1-2-22-15(21)11-6-5-9-20(10-11)14-12-7-3-4-8-13(12)18-16(17)19-14/h3-4,7-8,11H,2,5-6,9-10H2,1H3. The highest BCUT2D eigenvalue weighted by atomic mass is 35.5. The van der Waals surface area contributed by atoms with Gasteiger partial charge < -0.3 is 9.64 Å².